The van der Waals surface area contributed by atoms with Crippen molar-refractivity contribution in [1.29, 1.82) is 0 Å². The first-order valence-corrected chi connectivity index (χ1v) is 14.9. The molecule has 1 saturated heterocycles. The molecule has 1 aromatic carbocycles. The molecule has 7 rings (SSSR count). The highest BCUT2D eigenvalue weighted by Gasteiger charge is 2.45. The average molecular weight is 572 g/mol. The van der Waals surface area contributed by atoms with Gasteiger partial charge in [0.15, 0.2) is 0 Å². The first kappa shape index (κ1) is 26.7. The van der Waals surface area contributed by atoms with E-state index in [1.807, 2.05) is 48.4 Å². The maximum absolute atomic E-state index is 12.7. The van der Waals surface area contributed by atoms with Gasteiger partial charge in [0.1, 0.15) is 17.4 Å². The lowest BCUT2D eigenvalue weighted by molar-refractivity contribution is -0.133. The zero-order chi connectivity index (χ0) is 29.2. The second kappa shape index (κ2) is 9.99. The molecule has 5 heterocycles. The Kier molecular flexibility index (Phi) is 6.36. The molecule has 3 aliphatic heterocycles. The number of likely N-dealkylation sites (tertiary alicyclic amines) is 1. The molecular formula is C31H37N7O4. The second-order valence-corrected chi connectivity index (χ2v) is 13.0. The molecule has 1 aliphatic carbocycles. The number of anilines is 1. The molecule has 2 N–H and O–H groups in total. The quantitative estimate of drug-likeness (QED) is 0.453. The Morgan fingerprint density at radius 2 is 1.95 bits per heavy atom. The number of nitrogens with one attached hydrogen (secondary N) is 1. The summed E-state index contributed by atoms with van der Waals surface area (Å²) in [7, 11) is 0. The van der Waals surface area contributed by atoms with Gasteiger partial charge < -0.3 is 20.1 Å². The highest BCUT2D eigenvalue weighted by molar-refractivity contribution is 5.81. The molecule has 2 atom stereocenters. The molecule has 1 saturated carbocycles. The molecule has 0 spiro atoms. The van der Waals surface area contributed by atoms with Gasteiger partial charge in [-0.05, 0) is 60.9 Å². The standard InChI is InChI=1S/C31H37N7O4/c1-31(2,3)26-25-22(17-37(26)30(40)41)38(27(35-25)20-8-9-23-19(15-20)11-14-42-23)24-10-12-32-29(34-24)33-21-5-4-13-36(16-21)28(39)18-6-7-18/h8-10,12,15,18,21,26H,4-7,11,13-14,16-17H2,1-3H3,(H,40,41)(H,32,33,34). The molecule has 4 aliphatic rings. The van der Waals surface area contributed by atoms with Crippen LogP contribution >= 0.6 is 0 Å². The minimum absolute atomic E-state index is 0.0640. The molecule has 2 aromatic heterocycles. The van der Waals surface area contributed by atoms with Crippen LogP contribution in [0.1, 0.15) is 69.4 Å². The number of ether oxygens (including phenoxy) is 1. The summed E-state index contributed by atoms with van der Waals surface area (Å²) in [6.45, 7) is 8.45. The largest absolute Gasteiger partial charge is 0.493 e. The zero-order valence-corrected chi connectivity index (χ0v) is 24.3. The topological polar surface area (TPSA) is 126 Å². The molecule has 42 heavy (non-hydrogen) atoms. The number of hydrogen-bond acceptors (Lipinski definition) is 7. The van der Waals surface area contributed by atoms with Gasteiger partial charge in [0, 0.05) is 43.2 Å². The van der Waals surface area contributed by atoms with Gasteiger partial charge in [-0.3, -0.25) is 14.3 Å². The monoisotopic (exact) mass is 571 g/mol. The Bertz CT molecular complexity index is 1560. The predicted molar refractivity (Wildman–Crippen MR) is 156 cm³/mol. The lowest BCUT2D eigenvalue weighted by Gasteiger charge is -2.33. The Morgan fingerprint density at radius 1 is 1.12 bits per heavy atom. The average Bonchev–Trinajstić information content (AvgIpc) is 3.40. The van der Waals surface area contributed by atoms with E-state index < -0.39 is 12.1 Å². The molecule has 3 aromatic rings. The number of carboxylic acid groups (broad SMARTS) is 1. The van der Waals surface area contributed by atoms with Crippen LogP contribution < -0.4 is 10.1 Å². The number of amides is 2. The fraction of sp³-hybridized carbons (Fsp3) is 0.516. The number of benzene rings is 1. The fourth-order valence-electron chi connectivity index (χ4n) is 6.67. The van der Waals surface area contributed by atoms with Crippen molar-refractivity contribution in [1.82, 2.24) is 29.3 Å². The number of rotatable bonds is 5. The minimum Gasteiger partial charge on any atom is -0.493 e. The van der Waals surface area contributed by atoms with Gasteiger partial charge >= 0.3 is 6.09 Å². The third-order valence-electron chi connectivity index (χ3n) is 8.77. The minimum atomic E-state index is -0.969. The summed E-state index contributed by atoms with van der Waals surface area (Å²) in [5, 5.41) is 13.6. The van der Waals surface area contributed by atoms with Crippen molar-refractivity contribution in [3.05, 3.63) is 47.4 Å². The highest BCUT2D eigenvalue weighted by atomic mass is 16.5. The summed E-state index contributed by atoms with van der Waals surface area (Å²) in [5.41, 5.74) is 3.26. The van der Waals surface area contributed by atoms with Crippen LogP contribution in [0.5, 0.6) is 5.75 Å². The zero-order valence-electron chi connectivity index (χ0n) is 24.3. The fourth-order valence-corrected chi connectivity index (χ4v) is 6.67. The van der Waals surface area contributed by atoms with Crippen molar-refractivity contribution in [3.63, 3.8) is 0 Å². The third kappa shape index (κ3) is 4.74. The van der Waals surface area contributed by atoms with Gasteiger partial charge in [-0.25, -0.2) is 14.8 Å². The Labute approximate surface area is 244 Å². The van der Waals surface area contributed by atoms with Crippen LogP contribution in [0.25, 0.3) is 17.2 Å². The van der Waals surface area contributed by atoms with E-state index >= 15 is 0 Å². The number of carbonyl (C=O) groups excluding carboxylic acids is 1. The molecule has 220 valence electrons. The van der Waals surface area contributed by atoms with Crippen LogP contribution in [0.15, 0.2) is 30.5 Å². The molecule has 11 nitrogen and oxygen atoms in total. The van der Waals surface area contributed by atoms with E-state index in [-0.39, 0.29) is 29.8 Å². The van der Waals surface area contributed by atoms with Crippen LogP contribution in [0.4, 0.5) is 10.7 Å². The highest BCUT2D eigenvalue weighted by Crippen LogP contribution is 2.47. The molecule has 2 amide bonds. The van der Waals surface area contributed by atoms with Crippen molar-refractivity contribution >= 4 is 17.9 Å². The SMILES string of the molecule is CC(C)(C)C1c2nc(-c3ccc4c(c3)CCO4)n(-c3ccnc(NC4CCCN(C(=O)C5CC5)C4)n3)c2CN1C(=O)O. The van der Waals surface area contributed by atoms with Gasteiger partial charge in [-0.15, -0.1) is 0 Å². The van der Waals surface area contributed by atoms with E-state index in [1.165, 1.54) is 4.90 Å². The molecule has 2 unspecified atom stereocenters. The molecular weight excluding hydrogens is 534 g/mol. The van der Waals surface area contributed by atoms with E-state index in [0.29, 0.717) is 24.9 Å². The van der Waals surface area contributed by atoms with Gasteiger partial charge in [0.25, 0.3) is 0 Å². The summed E-state index contributed by atoms with van der Waals surface area (Å²) >= 11 is 0. The summed E-state index contributed by atoms with van der Waals surface area (Å²) in [6.07, 6.45) is 5.47. The van der Waals surface area contributed by atoms with Crippen molar-refractivity contribution < 1.29 is 19.4 Å². The normalized spacial score (nSPS) is 21.6. The van der Waals surface area contributed by atoms with Crippen molar-refractivity contribution in [2.75, 3.05) is 25.0 Å². The molecule has 0 radical (unpaired) electrons. The molecule has 2 fully saturated rings. The van der Waals surface area contributed by atoms with Crippen molar-refractivity contribution in [3.8, 4) is 23.0 Å². The van der Waals surface area contributed by atoms with E-state index in [4.69, 9.17) is 14.7 Å². The van der Waals surface area contributed by atoms with Crippen LogP contribution in [0.2, 0.25) is 0 Å². The number of piperidine rings is 1. The van der Waals surface area contributed by atoms with Crippen LogP contribution in [-0.2, 0) is 17.8 Å². The van der Waals surface area contributed by atoms with E-state index in [1.54, 1.807) is 6.20 Å². The number of carbonyl (C=O) groups is 2. The van der Waals surface area contributed by atoms with E-state index in [2.05, 4.69) is 16.4 Å². The number of hydrogen-bond donors (Lipinski definition) is 2. The Morgan fingerprint density at radius 3 is 2.71 bits per heavy atom. The van der Waals surface area contributed by atoms with Crippen LogP contribution in [0.3, 0.4) is 0 Å². The Balaban J connectivity index is 1.27. The molecule has 11 heteroatoms. The maximum atomic E-state index is 12.7. The number of fused-ring (bicyclic) bond motifs is 2. The first-order valence-electron chi connectivity index (χ1n) is 14.9. The summed E-state index contributed by atoms with van der Waals surface area (Å²) < 4.78 is 7.73. The van der Waals surface area contributed by atoms with Crippen LogP contribution in [-0.4, -0.2) is 72.2 Å². The van der Waals surface area contributed by atoms with E-state index in [9.17, 15) is 14.7 Å². The lowest BCUT2D eigenvalue weighted by atomic mass is 9.85. The van der Waals surface area contributed by atoms with Gasteiger partial charge in [-0.2, -0.15) is 4.98 Å². The number of aromatic nitrogens is 4. The molecule has 0 bridgehead atoms. The maximum Gasteiger partial charge on any atom is 0.408 e. The Hall–Kier alpha value is -4.15. The van der Waals surface area contributed by atoms with E-state index in [0.717, 1.165) is 72.7 Å². The second-order valence-electron chi connectivity index (χ2n) is 13.0. The lowest BCUT2D eigenvalue weighted by Crippen LogP contribution is -2.45. The van der Waals surface area contributed by atoms with Crippen molar-refractivity contribution in [2.24, 2.45) is 11.3 Å². The summed E-state index contributed by atoms with van der Waals surface area (Å²) in [6, 6.07) is 7.61. The van der Waals surface area contributed by atoms with Gasteiger partial charge in [0.05, 0.1) is 30.6 Å². The van der Waals surface area contributed by atoms with Gasteiger partial charge in [-0.1, -0.05) is 20.8 Å². The van der Waals surface area contributed by atoms with Gasteiger partial charge in [0.2, 0.25) is 11.9 Å². The summed E-state index contributed by atoms with van der Waals surface area (Å²) in [5.74, 6) is 3.19. The summed E-state index contributed by atoms with van der Waals surface area (Å²) in [4.78, 5) is 43.1. The van der Waals surface area contributed by atoms with Crippen LogP contribution in [0, 0.1) is 11.3 Å². The predicted octanol–water partition coefficient (Wildman–Crippen LogP) is 4.66. The third-order valence-corrected chi connectivity index (χ3v) is 8.77. The number of imidazole rings is 1. The number of nitrogens with zero attached hydrogens (tertiary/aromatic N) is 6. The first-order chi connectivity index (χ1) is 20.2. The van der Waals surface area contributed by atoms with Crippen molar-refractivity contribution in [2.45, 2.75) is 71.5 Å². The smallest absolute Gasteiger partial charge is 0.408 e.